The molecule has 0 aliphatic rings. The van der Waals surface area contributed by atoms with Crippen molar-refractivity contribution in [3.05, 3.63) is 47.0 Å². The second kappa shape index (κ2) is 3.38. The van der Waals surface area contributed by atoms with Gasteiger partial charge in [0.25, 0.3) is 0 Å². The summed E-state index contributed by atoms with van der Waals surface area (Å²) in [5.41, 5.74) is 3.86. The average Bonchev–Trinajstić information content (AvgIpc) is 1.99. The quantitative estimate of drug-likeness (QED) is 0.569. The Labute approximate surface area is 68.6 Å². The summed E-state index contributed by atoms with van der Waals surface area (Å²) in [5, 5.41) is 0. The zero-order valence-electron chi connectivity index (χ0n) is 7.31. The van der Waals surface area contributed by atoms with Gasteiger partial charge in [0.05, 0.1) is 0 Å². The minimum atomic E-state index is 1.20. The van der Waals surface area contributed by atoms with Crippen molar-refractivity contribution in [2.45, 2.75) is 20.8 Å². The van der Waals surface area contributed by atoms with Crippen molar-refractivity contribution in [2.24, 2.45) is 0 Å². The first-order chi connectivity index (χ1) is 5.25. The van der Waals surface area contributed by atoms with Crippen LogP contribution in [0.3, 0.4) is 0 Å². The molecule has 11 heavy (non-hydrogen) atoms. The van der Waals surface area contributed by atoms with Crippen LogP contribution in [0.25, 0.3) is 0 Å². The van der Waals surface area contributed by atoms with Gasteiger partial charge in [0.2, 0.25) is 0 Å². The molecule has 0 saturated heterocycles. The van der Waals surface area contributed by atoms with Crippen LogP contribution in [-0.2, 0) is 0 Å². The largest absolute Gasteiger partial charge is 0.0792 e. The third-order valence-electron chi connectivity index (χ3n) is 1.90. The van der Waals surface area contributed by atoms with Gasteiger partial charge in [-0.05, 0) is 43.5 Å². The van der Waals surface area contributed by atoms with Crippen molar-refractivity contribution in [3.63, 3.8) is 0 Å². The molecule has 0 aliphatic heterocycles. The molecule has 0 heteroatoms. The maximum atomic E-state index is 3.19. The van der Waals surface area contributed by atoms with Crippen LogP contribution in [0.5, 0.6) is 0 Å². The Morgan fingerprint density at radius 3 is 2.64 bits per heavy atom. The number of hydrogen-bond donors (Lipinski definition) is 0. The summed E-state index contributed by atoms with van der Waals surface area (Å²) in [5.74, 6) is 0. The molecule has 0 nitrogen and oxygen atoms in total. The first kappa shape index (κ1) is 8.06. The highest BCUT2D eigenvalue weighted by atomic mass is 14.0. The van der Waals surface area contributed by atoms with Crippen molar-refractivity contribution >= 4 is 0 Å². The van der Waals surface area contributed by atoms with Gasteiger partial charge in [-0.2, -0.15) is 0 Å². The standard InChI is InChI=1S/C11H13/c1-4-6-11-8-5-7-9(2)10(11)3/h4-5,7-8H,1-3H3. The molecule has 0 aliphatic carbocycles. The van der Waals surface area contributed by atoms with E-state index in [9.17, 15) is 0 Å². The Balaban J connectivity index is 3.16. The average molecular weight is 145 g/mol. The first-order valence-corrected chi connectivity index (χ1v) is 3.86. The molecule has 1 aromatic carbocycles. The molecule has 0 unspecified atom stereocenters. The maximum Gasteiger partial charge on any atom is -0.0149 e. The number of benzene rings is 1. The first-order valence-electron chi connectivity index (χ1n) is 3.86. The highest BCUT2D eigenvalue weighted by Gasteiger charge is 1.95. The van der Waals surface area contributed by atoms with Crippen LogP contribution in [0.2, 0.25) is 0 Å². The Morgan fingerprint density at radius 2 is 2.00 bits per heavy atom. The van der Waals surface area contributed by atoms with Crippen LogP contribution in [0.4, 0.5) is 0 Å². The molecule has 0 N–H and O–H groups in total. The number of aryl methyl sites for hydroxylation is 1. The molecule has 0 aromatic heterocycles. The van der Waals surface area contributed by atoms with Gasteiger partial charge in [0.15, 0.2) is 0 Å². The molecule has 0 saturated carbocycles. The van der Waals surface area contributed by atoms with Gasteiger partial charge in [0.1, 0.15) is 0 Å². The second-order valence-electron chi connectivity index (χ2n) is 2.68. The zero-order valence-corrected chi connectivity index (χ0v) is 7.31. The van der Waals surface area contributed by atoms with E-state index in [1.54, 1.807) is 0 Å². The van der Waals surface area contributed by atoms with Crippen LogP contribution < -0.4 is 0 Å². The van der Waals surface area contributed by atoms with E-state index < -0.39 is 0 Å². The van der Waals surface area contributed by atoms with E-state index in [4.69, 9.17) is 0 Å². The van der Waals surface area contributed by atoms with Gasteiger partial charge in [-0.15, -0.1) is 0 Å². The third-order valence-corrected chi connectivity index (χ3v) is 1.90. The van der Waals surface area contributed by atoms with Crippen LogP contribution in [0.15, 0.2) is 24.3 Å². The van der Waals surface area contributed by atoms with Crippen LogP contribution >= 0.6 is 0 Å². The summed E-state index contributed by atoms with van der Waals surface area (Å²) in [7, 11) is 0. The predicted octanol–water partition coefficient (Wildman–Crippen LogP) is 3.03. The van der Waals surface area contributed by atoms with Gasteiger partial charge < -0.3 is 0 Å². The van der Waals surface area contributed by atoms with E-state index in [-0.39, 0.29) is 0 Å². The van der Waals surface area contributed by atoms with E-state index in [2.05, 4.69) is 38.1 Å². The minimum Gasteiger partial charge on any atom is -0.0792 e. The molecular weight excluding hydrogens is 132 g/mol. The summed E-state index contributed by atoms with van der Waals surface area (Å²) < 4.78 is 0. The normalized spacial score (nSPS) is 10.8. The zero-order chi connectivity index (χ0) is 8.27. The molecule has 0 heterocycles. The molecule has 0 atom stereocenters. The van der Waals surface area contributed by atoms with Gasteiger partial charge in [-0.1, -0.05) is 24.3 Å². The van der Waals surface area contributed by atoms with E-state index in [1.807, 2.05) is 13.0 Å². The highest BCUT2D eigenvalue weighted by Crippen LogP contribution is 2.12. The second-order valence-corrected chi connectivity index (χ2v) is 2.68. The minimum absolute atomic E-state index is 1.20. The highest BCUT2D eigenvalue weighted by molar-refractivity contribution is 5.36. The summed E-state index contributed by atoms with van der Waals surface area (Å²) >= 11 is 0. The Morgan fingerprint density at radius 1 is 1.27 bits per heavy atom. The SMILES string of the molecule is C/C=[C]/c1cccc(C)c1C. The maximum absolute atomic E-state index is 3.19. The van der Waals surface area contributed by atoms with Gasteiger partial charge >= 0.3 is 0 Å². The van der Waals surface area contributed by atoms with Crippen molar-refractivity contribution in [2.75, 3.05) is 0 Å². The van der Waals surface area contributed by atoms with Crippen LogP contribution in [-0.4, -0.2) is 0 Å². The third kappa shape index (κ3) is 1.70. The number of rotatable bonds is 1. The molecular formula is C11H13. The van der Waals surface area contributed by atoms with Crippen LogP contribution in [0, 0.1) is 19.9 Å². The smallest absolute Gasteiger partial charge is 0.0149 e. The summed E-state index contributed by atoms with van der Waals surface area (Å²) in [6.45, 7) is 6.24. The molecule has 1 rings (SSSR count). The van der Waals surface area contributed by atoms with E-state index in [0.29, 0.717) is 0 Å². The lowest BCUT2D eigenvalue weighted by molar-refractivity contribution is 1.30. The summed E-state index contributed by atoms with van der Waals surface area (Å²) in [6, 6.07) is 6.27. The molecule has 0 spiro atoms. The lowest BCUT2D eigenvalue weighted by atomic mass is 10.0. The van der Waals surface area contributed by atoms with Gasteiger partial charge in [-0.25, -0.2) is 0 Å². The molecule has 0 amide bonds. The molecule has 0 bridgehead atoms. The number of allylic oxidation sites excluding steroid dienone is 1. The number of hydrogen-bond acceptors (Lipinski definition) is 0. The van der Waals surface area contributed by atoms with Gasteiger partial charge in [-0.3, -0.25) is 0 Å². The molecule has 0 fully saturated rings. The topological polar surface area (TPSA) is 0 Å². The fourth-order valence-electron chi connectivity index (χ4n) is 1.06. The van der Waals surface area contributed by atoms with E-state index in [1.165, 1.54) is 16.7 Å². The van der Waals surface area contributed by atoms with Gasteiger partial charge in [0, 0.05) is 0 Å². The predicted molar refractivity (Wildman–Crippen MR) is 48.5 cm³/mol. The van der Waals surface area contributed by atoms with E-state index in [0.717, 1.165) is 0 Å². The van der Waals surface area contributed by atoms with Crippen molar-refractivity contribution in [1.82, 2.24) is 0 Å². The molecule has 1 radical (unpaired) electrons. The fraction of sp³-hybridized carbons (Fsp3) is 0.273. The lowest BCUT2D eigenvalue weighted by Gasteiger charge is -2.02. The van der Waals surface area contributed by atoms with Crippen molar-refractivity contribution < 1.29 is 0 Å². The fourth-order valence-corrected chi connectivity index (χ4v) is 1.06. The summed E-state index contributed by atoms with van der Waals surface area (Å²) in [4.78, 5) is 0. The molecule has 57 valence electrons. The van der Waals surface area contributed by atoms with Crippen molar-refractivity contribution in [3.8, 4) is 0 Å². The lowest BCUT2D eigenvalue weighted by Crippen LogP contribution is -1.85. The Bertz CT molecular complexity index is 269. The Hall–Kier alpha value is -1.04. The molecule has 1 aromatic rings. The monoisotopic (exact) mass is 145 g/mol. The Kier molecular flexibility index (Phi) is 2.48. The van der Waals surface area contributed by atoms with Crippen LogP contribution in [0.1, 0.15) is 23.6 Å². The van der Waals surface area contributed by atoms with Crippen molar-refractivity contribution in [1.29, 1.82) is 0 Å². The summed E-state index contributed by atoms with van der Waals surface area (Å²) in [6.07, 6.45) is 5.14. The van der Waals surface area contributed by atoms with E-state index >= 15 is 0 Å².